The van der Waals surface area contributed by atoms with Crippen molar-refractivity contribution in [3.63, 3.8) is 0 Å². The Balaban J connectivity index is 1.40. The molecule has 0 unspecified atom stereocenters. The molecule has 0 spiro atoms. The zero-order valence-electron chi connectivity index (χ0n) is 68.9. The maximum atomic E-state index is 15.2. The lowest BCUT2D eigenvalue weighted by Gasteiger charge is -2.31. The van der Waals surface area contributed by atoms with Crippen LogP contribution in [0.25, 0.3) is 21.7 Å². The van der Waals surface area contributed by atoms with E-state index in [9.17, 15) is 48.3 Å². The fraction of sp³-hybridized carbons (Fsp3) is 0.506. The largest absolute Gasteiger partial charge is 0.480 e. The molecule has 31 N–H and O–H groups in total. The van der Waals surface area contributed by atoms with Gasteiger partial charge in [0.25, 0.3) is 0 Å². The second-order valence-electron chi connectivity index (χ2n) is 30.3. The summed E-state index contributed by atoms with van der Waals surface area (Å²) in [5, 5.41) is 83.9. The fourth-order valence-corrected chi connectivity index (χ4v) is 13.0. The lowest BCUT2D eigenvalue weighted by molar-refractivity contribution is -0.142. The summed E-state index contributed by atoms with van der Waals surface area (Å²) < 4.78 is 0. The zero-order chi connectivity index (χ0) is 88.0. The molecule has 650 valence electrons. The third kappa shape index (κ3) is 33.5. The van der Waals surface area contributed by atoms with E-state index in [-0.39, 0.29) is 127 Å². The molecule has 11 amide bonds. The first-order valence-corrected chi connectivity index (χ1v) is 40.2. The maximum Gasteiger partial charge on any atom is 0.326 e. The van der Waals surface area contributed by atoms with Crippen LogP contribution in [0.2, 0.25) is 0 Å². The van der Waals surface area contributed by atoms with Gasteiger partial charge in [-0.05, 0) is 129 Å². The molecule has 38 heteroatoms. The lowest BCUT2D eigenvalue weighted by atomic mass is 9.94. The number of carboxylic acid groups (broad SMARTS) is 1. The van der Waals surface area contributed by atoms with Gasteiger partial charge >= 0.3 is 5.97 Å². The third-order valence-corrected chi connectivity index (χ3v) is 20.1. The standard InChI is InChI=1S/C81H123N25O13/c1-9-45(5)64(106-76(117)65(46(6)10-2)105-71(112)59(30-20-36-93-80(87)88)98-67(108)48(8)96-66(107)47(7)97-68(109)55(82)40-50-32-33-51-24-14-15-25-52(51)39-50)75(116)104-61(38-44(3)4)72(113)99-58(29-19-35-92-79(85)86)70(111)103-63(42-53-43-95-56-27-17-16-26-54(53)56)74(115)100-57(28-18-34-91-78(83)84)69(110)102-62(41-49-22-12-11-13-23-49)73(114)101-60(77(118)119)31-21-37-94-81(89)90/h11-17,22-27,32-33,39,43-48,55,57-65,95H,9-10,18-21,28-31,34-38,40-42,82H2,1-8H3,(H,96,107)(H,97,109)(H,98,108)(H,99,113)(H,100,115)(H,101,114)(H,102,110)(H,103,111)(H,104,116)(H,105,112)(H,106,117)(H,118,119)(H4,83,84,91)(H4,85,86,92)(H4,87,88,93)(H4,89,90,94)/t45-,46-,47-,48-,55-,57+,58+,59+,60-,61-,62-,63-,64-,65-/m0/s1. The zero-order valence-corrected chi connectivity index (χ0v) is 68.9. The number of guanidine groups is 4. The Kier molecular flexibility index (Phi) is 40.3. The van der Waals surface area contributed by atoms with Crippen molar-refractivity contribution in [3.8, 4) is 0 Å². The van der Waals surface area contributed by atoms with Crippen LogP contribution >= 0.6 is 0 Å². The number of fused-ring (bicyclic) bond motifs is 2. The number of aromatic nitrogens is 1. The van der Waals surface area contributed by atoms with Gasteiger partial charge in [-0.2, -0.15) is 0 Å². The summed E-state index contributed by atoms with van der Waals surface area (Å²) >= 11 is 0. The minimum atomic E-state index is -1.55. The molecule has 5 rings (SSSR count). The van der Waals surface area contributed by atoms with Crippen molar-refractivity contribution >= 4 is 116 Å². The fourth-order valence-electron chi connectivity index (χ4n) is 13.0. The second kappa shape index (κ2) is 49.4. The number of H-pyrrole nitrogens is 1. The van der Waals surface area contributed by atoms with Gasteiger partial charge in [-0.1, -0.05) is 145 Å². The number of nitrogens with one attached hydrogen (secondary N) is 20. The first-order chi connectivity index (χ1) is 56.5. The van der Waals surface area contributed by atoms with Crippen LogP contribution in [-0.4, -0.2) is 204 Å². The van der Waals surface area contributed by atoms with E-state index in [0.717, 1.165) is 16.3 Å². The monoisotopic (exact) mass is 1650 g/mol. The molecule has 0 fully saturated rings. The molecule has 119 heavy (non-hydrogen) atoms. The number of benzene rings is 4. The predicted molar refractivity (Wildman–Crippen MR) is 453 cm³/mol. The number of rotatable bonds is 51. The lowest BCUT2D eigenvalue weighted by Crippen LogP contribution is -2.62. The molecule has 0 radical (unpaired) electrons. The summed E-state index contributed by atoms with van der Waals surface area (Å²) in [6, 6.07) is 12.7. The molecular weight excluding hydrogens is 1530 g/mol. The summed E-state index contributed by atoms with van der Waals surface area (Å²) in [5.41, 5.74) is 31.1. The average molecular weight is 1660 g/mol. The van der Waals surface area contributed by atoms with Crippen molar-refractivity contribution in [1.29, 1.82) is 21.6 Å². The maximum absolute atomic E-state index is 15.2. The van der Waals surface area contributed by atoms with Crippen molar-refractivity contribution in [3.05, 3.63) is 120 Å². The molecule has 0 saturated carbocycles. The number of aromatic amines is 1. The molecular formula is C81H123N25O13. The van der Waals surface area contributed by atoms with E-state index in [0.29, 0.717) is 34.9 Å². The van der Waals surface area contributed by atoms with Crippen molar-refractivity contribution in [1.82, 2.24) is 84.7 Å². The van der Waals surface area contributed by atoms with Crippen LogP contribution in [0, 0.1) is 39.4 Å². The van der Waals surface area contributed by atoms with Gasteiger partial charge in [0, 0.05) is 56.1 Å². The van der Waals surface area contributed by atoms with Gasteiger partial charge in [0.05, 0.1) is 6.04 Å². The van der Waals surface area contributed by atoms with Crippen molar-refractivity contribution in [2.45, 2.75) is 218 Å². The van der Waals surface area contributed by atoms with Crippen molar-refractivity contribution in [2.24, 2.45) is 46.4 Å². The van der Waals surface area contributed by atoms with Gasteiger partial charge in [0.15, 0.2) is 23.8 Å². The highest BCUT2D eigenvalue weighted by molar-refractivity contribution is 6.00. The number of para-hydroxylation sites is 1. The van der Waals surface area contributed by atoms with Crippen molar-refractivity contribution in [2.75, 3.05) is 26.2 Å². The van der Waals surface area contributed by atoms with Crippen LogP contribution in [-0.2, 0) is 76.8 Å². The Hall–Kier alpha value is -12.6. The number of hydrogen-bond acceptors (Lipinski definition) is 17. The van der Waals surface area contributed by atoms with Crippen LogP contribution < -0.4 is 108 Å². The van der Waals surface area contributed by atoms with Crippen LogP contribution in [0.4, 0.5) is 0 Å². The highest BCUT2D eigenvalue weighted by Crippen LogP contribution is 2.22. The van der Waals surface area contributed by atoms with Gasteiger partial charge in [0.1, 0.15) is 66.5 Å². The highest BCUT2D eigenvalue weighted by atomic mass is 16.4. The topological polar surface area (TPSA) is 647 Å². The van der Waals surface area contributed by atoms with Crippen LogP contribution in [0.15, 0.2) is 103 Å². The molecule has 1 aromatic heterocycles. The smallest absolute Gasteiger partial charge is 0.326 e. The summed E-state index contributed by atoms with van der Waals surface area (Å²) in [5.74, 6) is -13.4. The summed E-state index contributed by atoms with van der Waals surface area (Å²) in [4.78, 5) is 175. The number of aliphatic carboxylic acids is 1. The van der Waals surface area contributed by atoms with Crippen LogP contribution in [0.5, 0.6) is 0 Å². The number of carboxylic acids is 1. The Labute approximate surface area is 692 Å². The van der Waals surface area contributed by atoms with Gasteiger partial charge < -0.3 is 119 Å². The minimum Gasteiger partial charge on any atom is -0.480 e. The Bertz CT molecular complexity index is 4300. The molecule has 14 atom stereocenters. The first-order valence-electron chi connectivity index (χ1n) is 40.2. The van der Waals surface area contributed by atoms with Gasteiger partial charge in [-0.15, -0.1) is 0 Å². The van der Waals surface area contributed by atoms with E-state index in [4.69, 9.17) is 50.3 Å². The van der Waals surface area contributed by atoms with E-state index in [2.05, 4.69) is 84.7 Å². The number of nitrogens with two attached hydrogens (primary N) is 5. The van der Waals surface area contributed by atoms with E-state index < -0.39 is 161 Å². The van der Waals surface area contributed by atoms with E-state index >= 15 is 14.4 Å². The van der Waals surface area contributed by atoms with Crippen molar-refractivity contribution < 1.29 is 62.6 Å². The molecule has 5 aromatic rings. The number of carbonyl (C=O) groups excluding carboxylic acids is 11. The second-order valence-corrected chi connectivity index (χ2v) is 30.3. The highest BCUT2D eigenvalue weighted by Gasteiger charge is 2.39. The molecule has 0 aliphatic carbocycles. The summed E-state index contributed by atoms with van der Waals surface area (Å²) in [7, 11) is 0. The summed E-state index contributed by atoms with van der Waals surface area (Å²) in [6.07, 6.45) is 2.08. The predicted octanol–water partition coefficient (Wildman–Crippen LogP) is -0.675. The van der Waals surface area contributed by atoms with Gasteiger partial charge in [0.2, 0.25) is 65.0 Å². The average Bonchev–Trinajstić information content (AvgIpc) is 1.68. The molecule has 0 saturated heterocycles. The Morgan fingerprint density at radius 2 is 0.765 bits per heavy atom. The molecule has 0 aliphatic heterocycles. The van der Waals surface area contributed by atoms with Crippen LogP contribution in [0.3, 0.4) is 0 Å². The van der Waals surface area contributed by atoms with Crippen LogP contribution in [0.1, 0.15) is 143 Å². The molecule has 0 aliphatic rings. The van der Waals surface area contributed by atoms with E-state index in [1.165, 1.54) is 13.8 Å². The number of amides is 11. The quantitative estimate of drug-likeness (QED) is 0.0130. The minimum absolute atomic E-state index is 0.0234. The first kappa shape index (κ1) is 96.9. The molecule has 1 heterocycles. The third-order valence-electron chi connectivity index (χ3n) is 20.1. The number of hydrogen-bond donors (Lipinski definition) is 26. The SMILES string of the molecule is CC[C@H](C)[C@H](NC(=O)[C@@H](NC(=O)[C@@H](CCCNC(=N)N)NC(=O)[C@H](C)NC(=O)[C@H](C)NC(=O)[C@@H](N)Cc1ccc2ccccc2c1)[C@@H](C)CC)C(=O)N[C@@H](CC(C)C)C(=O)N[C@H](CCCNC(=N)N)C(=O)N[C@@H](Cc1c[nH]c2ccccc12)C(=O)N[C@H](CCCNC(=N)N)C(=O)N[C@@H](Cc1ccccc1)C(=O)N[C@@H](CCCNC(=N)N)C(=O)O. The van der Waals surface area contributed by atoms with E-state index in [1.807, 2.05) is 42.5 Å². The molecule has 4 aromatic carbocycles. The molecule has 38 nitrogen and oxygen atoms in total. The normalized spacial score (nSPS) is 14.7. The van der Waals surface area contributed by atoms with Gasteiger partial charge in [-0.3, -0.25) is 74.4 Å². The molecule has 0 bridgehead atoms. The Morgan fingerprint density at radius 3 is 1.25 bits per heavy atom. The Morgan fingerprint density at radius 1 is 0.387 bits per heavy atom. The summed E-state index contributed by atoms with van der Waals surface area (Å²) in [6.45, 7) is 13.6. The van der Waals surface area contributed by atoms with Gasteiger partial charge in [-0.25, -0.2) is 4.79 Å². The number of carbonyl (C=O) groups is 12. The van der Waals surface area contributed by atoms with E-state index in [1.54, 1.807) is 102 Å².